The van der Waals surface area contributed by atoms with Crippen LogP contribution in [0.15, 0.2) is 18.3 Å². The van der Waals surface area contributed by atoms with Crippen LogP contribution in [0.1, 0.15) is 43.4 Å². The van der Waals surface area contributed by atoms with Crippen LogP contribution in [-0.2, 0) is 11.3 Å². The molecule has 2 amide bonds. The van der Waals surface area contributed by atoms with Crippen molar-refractivity contribution in [2.45, 2.75) is 51.1 Å². The zero-order valence-corrected chi connectivity index (χ0v) is 12.2. The third-order valence-electron chi connectivity index (χ3n) is 4.00. The quantitative estimate of drug-likeness (QED) is 0.791. The fourth-order valence-corrected chi connectivity index (χ4v) is 2.68. The molecule has 1 fully saturated rings. The number of nitrogens with zero attached hydrogens (tertiary/aromatic N) is 1. The number of hydrogen-bond acceptors (Lipinski definition) is 3. The Balaban J connectivity index is 1.94. The van der Waals surface area contributed by atoms with E-state index in [9.17, 15) is 14.7 Å². The van der Waals surface area contributed by atoms with Crippen LogP contribution in [0.4, 0.5) is 4.79 Å². The molecule has 1 aliphatic rings. The van der Waals surface area contributed by atoms with Gasteiger partial charge in [-0.3, -0.25) is 4.98 Å². The summed E-state index contributed by atoms with van der Waals surface area (Å²) in [5.41, 5.74) is 0.644. The van der Waals surface area contributed by atoms with Gasteiger partial charge in [0.2, 0.25) is 0 Å². The van der Waals surface area contributed by atoms with Crippen molar-refractivity contribution in [1.29, 1.82) is 0 Å². The van der Waals surface area contributed by atoms with Crippen LogP contribution in [0.5, 0.6) is 0 Å². The average Bonchev–Trinajstić information content (AvgIpc) is 2.47. The van der Waals surface area contributed by atoms with Crippen LogP contribution < -0.4 is 10.6 Å². The minimum absolute atomic E-state index is 0.286. The summed E-state index contributed by atoms with van der Waals surface area (Å²) in [6, 6.07) is 3.30. The lowest BCUT2D eigenvalue weighted by atomic mass is 9.82. The highest BCUT2D eigenvalue weighted by molar-refractivity contribution is 5.86. The van der Waals surface area contributed by atoms with Crippen LogP contribution in [0.25, 0.3) is 0 Å². The summed E-state index contributed by atoms with van der Waals surface area (Å²) in [5, 5.41) is 14.7. The molecule has 0 unspecified atom stereocenters. The van der Waals surface area contributed by atoms with Gasteiger partial charge in [-0.15, -0.1) is 0 Å². The minimum Gasteiger partial charge on any atom is -0.480 e. The Kier molecular flexibility index (Phi) is 4.77. The topological polar surface area (TPSA) is 91.3 Å². The summed E-state index contributed by atoms with van der Waals surface area (Å²) < 4.78 is 0. The van der Waals surface area contributed by atoms with Crippen molar-refractivity contribution in [3.05, 3.63) is 29.6 Å². The van der Waals surface area contributed by atoms with E-state index in [1.54, 1.807) is 6.20 Å². The van der Waals surface area contributed by atoms with E-state index >= 15 is 0 Å². The lowest BCUT2D eigenvalue weighted by Crippen LogP contribution is -2.58. The van der Waals surface area contributed by atoms with Crippen molar-refractivity contribution in [1.82, 2.24) is 15.6 Å². The summed E-state index contributed by atoms with van der Waals surface area (Å²) >= 11 is 0. The van der Waals surface area contributed by atoms with Gasteiger partial charge in [-0.25, -0.2) is 9.59 Å². The monoisotopic (exact) mass is 291 g/mol. The number of carboxylic acid groups (broad SMARTS) is 1. The second-order valence-corrected chi connectivity index (χ2v) is 5.52. The van der Waals surface area contributed by atoms with E-state index in [0.29, 0.717) is 12.8 Å². The van der Waals surface area contributed by atoms with Crippen molar-refractivity contribution >= 4 is 12.0 Å². The number of aromatic nitrogens is 1. The number of aryl methyl sites for hydroxylation is 1. The van der Waals surface area contributed by atoms with Gasteiger partial charge in [0.1, 0.15) is 5.54 Å². The van der Waals surface area contributed by atoms with E-state index in [0.717, 1.165) is 30.5 Å². The molecule has 0 aliphatic heterocycles. The van der Waals surface area contributed by atoms with Gasteiger partial charge in [0.15, 0.2) is 0 Å². The summed E-state index contributed by atoms with van der Waals surface area (Å²) in [7, 11) is 0. The number of aliphatic carboxylic acids is 1. The molecule has 0 radical (unpaired) electrons. The molecule has 1 aliphatic carbocycles. The van der Waals surface area contributed by atoms with E-state index in [1.807, 2.05) is 19.1 Å². The Morgan fingerprint density at radius 1 is 1.33 bits per heavy atom. The summed E-state index contributed by atoms with van der Waals surface area (Å²) in [5.74, 6) is -0.952. The Morgan fingerprint density at radius 2 is 2.05 bits per heavy atom. The second kappa shape index (κ2) is 6.56. The molecule has 0 saturated heterocycles. The highest BCUT2D eigenvalue weighted by atomic mass is 16.4. The minimum atomic E-state index is -1.12. The fraction of sp³-hybridized carbons (Fsp3) is 0.533. The number of urea groups is 1. The van der Waals surface area contributed by atoms with Crippen molar-refractivity contribution in [3.8, 4) is 0 Å². The largest absolute Gasteiger partial charge is 0.480 e. The second-order valence-electron chi connectivity index (χ2n) is 5.52. The maximum Gasteiger partial charge on any atom is 0.329 e. The normalized spacial score (nSPS) is 17.0. The van der Waals surface area contributed by atoms with Gasteiger partial charge in [-0.2, -0.15) is 0 Å². The van der Waals surface area contributed by atoms with Crippen molar-refractivity contribution in [3.63, 3.8) is 0 Å². The van der Waals surface area contributed by atoms with Crippen molar-refractivity contribution < 1.29 is 14.7 Å². The number of nitrogens with one attached hydrogen (secondary N) is 2. The molecule has 0 bridgehead atoms. The number of hydrogen-bond donors (Lipinski definition) is 3. The summed E-state index contributed by atoms with van der Waals surface area (Å²) in [6.45, 7) is 2.20. The first-order valence-electron chi connectivity index (χ1n) is 7.23. The molecule has 1 aromatic heterocycles. The van der Waals surface area contributed by atoms with E-state index in [1.165, 1.54) is 0 Å². The lowest BCUT2D eigenvalue weighted by Gasteiger charge is -2.33. The molecule has 1 saturated carbocycles. The Labute approximate surface area is 124 Å². The van der Waals surface area contributed by atoms with E-state index in [4.69, 9.17) is 0 Å². The predicted molar refractivity (Wildman–Crippen MR) is 77.8 cm³/mol. The molecule has 0 atom stereocenters. The molecule has 21 heavy (non-hydrogen) atoms. The average molecular weight is 291 g/mol. The summed E-state index contributed by atoms with van der Waals surface area (Å²) in [4.78, 5) is 27.7. The lowest BCUT2D eigenvalue weighted by molar-refractivity contribution is -0.145. The zero-order chi connectivity index (χ0) is 15.3. The highest BCUT2D eigenvalue weighted by Gasteiger charge is 2.40. The fourth-order valence-electron chi connectivity index (χ4n) is 2.68. The highest BCUT2D eigenvalue weighted by Crippen LogP contribution is 2.28. The van der Waals surface area contributed by atoms with Gasteiger partial charge in [-0.05, 0) is 31.4 Å². The molecule has 1 heterocycles. The molecule has 1 aromatic rings. The predicted octanol–water partition coefficient (Wildman–Crippen LogP) is 1.98. The summed E-state index contributed by atoms with van der Waals surface area (Å²) in [6.07, 6.45) is 5.31. The first kappa shape index (κ1) is 15.3. The van der Waals surface area contributed by atoms with Gasteiger partial charge in [0, 0.05) is 6.20 Å². The maximum absolute atomic E-state index is 12.0. The molecule has 6 nitrogen and oxygen atoms in total. The Morgan fingerprint density at radius 3 is 2.67 bits per heavy atom. The third kappa shape index (κ3) is 3.71. The zero-order valence-electron chi connectivity index (χ0n) is 12.2. The third-order valence-corrected chi connectivity index (χ3v) is 4.00. The van der Waals surface area contributed by atoms with Crippen molar-refractivity contribution in [2.75, 3.05) is 0 Å². The van der Waals surface area contributed by atoms with Gasteiger partial charge in [0.05, 0.1) is 12.2 Å². The number of carboxylic acids is 1. The van der Waals surface area contributed by atoms with Crippen molar-refractivity contribution in [2.24, 2.45) is 0 Å². The number of amides is 2. The van der Waals surface area contributed by atoms with Gasteiger partial charge in [0.25, 0.3) is 0 Å². The van der Waals surface area contributed by atoms with Crippen LogP contribution in [0, 0.1) is 6.92 Å². The molecule has 3 N–H and O–H groups in total. The molecule has 2 rings (SSSR count). The number of rotatable bonds is 4. The molecule has 6 heteroatoms. The van der Waals surface area contributed by atoms with Crippen LogP contribution in [0.3, 0.4) is 0 Å². The standard InChI is InChI=1S/C15H21N3O3/c1-11-6-5-9-16-12(11)10-17-14(21)18-15(13(19)20)7-3-2-4-8-15/h5-6,9H,2-4,7-8,10H2,1H3,(H,19,20)(H2,17,18,21). The molecular weight excluding hydrogens is 270 g/mol. The van der Waals surface area contributed by atoms with Gasteiger partial charge < -0.3 is 15.7 Å². The number of carbonyl (C=O) groups excluding carboxylic acids is 1. The van der Waals surface area contributed by atoms with Gasteiger partial charge in [-0.1, -0.05) is 25.3 Å². The number of carbonyl (C=O) groups is 2. The van der Waals surface area contributed by atoms with E-state index < -0.39 is 17.5 Å². The maximum atomic E-state index is 12.0. The molecule has 0 spiro atoms. The number of pyridine rings is 1. The SMILES string of the molecule is Cc1cccnc1CNC(=O)NC1(C(=O)O)CCCCC1. The van der Waals surface area contributed by atoms with E-state index in [2.05, 4.69) is 15.6 Å². The Bertz CT molecular complexity index is 525. The Hall–Kier alpha value is -2.11. The van der Waals surface area contributed by atoms with Gasteiger partial charge >= 0.3 is 12.0 Å². The molecule has 114 valence electrons. The first-order valence-corrected chi connectivity index (χ1v) is 7.23. The van der Waals surface area contributed by atoms with E-state index in [-0.39, 0.29) is 6.54 Å². The molecule has 0 aromatic carbocycles. The van der Waals surface area contributed by atoms with Crippen LogP contribution in [-0.4, -0.2) is 27.6 Å². The molecular formula is C15H21N3O3. The first-order chi connectivity index (χ1) is 10.0. The smallest absolute Gasteiger partial charge is 0.329 e. The van der Waals surface area contributed by atoms with Crippen LogP contribution in [0.2, 0.25) is 0 Å². The van der Waals surface area contributed by atoms with Crippen LogP contribution >= 0.6 is 0 Å².